The van der Waals surface area contributed by atoms with E-state index >= 15 is 0 Å². The maximum atomic E-state index is 13.3. The van der Waals surface area contributed by atoms with Gasteiger partial charge in [-0.3, -0.25) is 18.9 Å². The fraction of sp³-hybridized carbons (Fsp3) is 0.176. The first-order valence-corrected chi connectivity index (χ1v) is 9.11. The second kappa shape index (κ2) is 6.14. The van der Waals surface area contributed by atoms with Crippen LogP contribution in [0.15, 0.2) is 40.6 Å². The van der Waals surface area contributed by atoms with Crippen molar-refractivity contribution >= 4 is 39.8 Å². The Bertz CT molecular complexity index is 1160. The summed E-state index contributed by atoms with van der Waals surface area (Å²) in [6.07, 6.45) is 1.60. The molecule has 7 nitrogen and oxygen atoms in total. The Kier molecular flexibility index (Phi) is 4.01. The van der Waals surface area contributed by atoms with Crippen LogP contribution in [-0.2, 0) is 16.9 Å². The van der Waals surface area contributed by atoms with Crippen molar-refractivity contribution in [1.82, 2.24) is 19.6 Å². The van der Waals surface area contributed by atoms with E-state index in [2.05, 4.69) is 10.3 Å². The third-order valence-corrected chi connectivity index (χ3v) is 5.49. The van der Waals surface area contributed by atoms with Crippen molar-refractivity contribution in [3.05, 3.63) is 68.3 Å². The van der Waals surface area contributed by atoms with Gasteiger partial charge in [-0.15, -0.1) is 11.3 Å². The van der Waals surface area contributed by atoms with E-state index in [0.717, 1.165) is 11.0 Å². The summed E-state index contributed by atoms with van der Waals surface area (Å²) in [5, 5.41) is 4.34. The second-order valence-electron chi connectivity index (χ2n) is 6.21. The SMILES string of the molecule is CC1(c2ccc(F)cc2Cl)NC(=O)N(Cc2cc(=O)n3ccsc3n2)C1=O. The summed E-state index contributed by atoms with van der Waals surface area (Å²) in [4.78, 5) is 43.2. The number of amides is 3. The van der Waals surface area contributed by atoms with Gasteiger partial charge in [-0.1, -0.05) is 17.7 Å². The quantitative estimate of drug-likeness (QED) is 0.677. The van der Waals surface area contributed by atoms with Crippen LogP contribution in [0.2, 0.25) is 5.02 Å². The van der Waals surface area contributed by atoms with Gasteiger partial charge in [0.2, 0.25) is 0 Å². The molecule has 0 aliphatic carbocycles. The standard InChI is InChI=1S/C17H12ClFN4O3S/c1-17(11-3-2-9(19)6-12(11)18)14(25)23(15(26)21-17)8-10-7-13(24)22-4-5-27-16(22)20-10/h2-7H,8H2,1H3,(H,21,26). The summed E-state index contributed by atoms with van der Waals surface area (Å²) < 4.78 is 14.7. The Morgan fingerprint density at radius 2 is 2.07 bits per heavy atom. The summed E-state index contributed by atoms with van der Waals surface area (Å²) in [7, 11) is 0. The monoisotopic (exact) mass is 406 g/mol. The van der Waals surface area contributed by atoms with Crippen LogP contribution < -0.4 is 10.9 Å². The predicted molar refractivity (Wildman–Crippen MR) is 97.2 cm³/mol. The van der Waals surface area contributed by atoms with Crippen molar-refractivity contribution in [1.29, 1.82) is 0 Å². The van der Waals surface area contributed by atoms with E-state index in [1.54, 1.807) is 11.6 Å². The molecule has 3 aromatic rings. The van der Waals surface area contributed by atoms with Gasteiger partial charge in [-0.25, -0.2) is 14.2 Å². The minimum atomic E-state index is -1.44. The number of carbonyl (C=O) groups is 2. The lowest BCUT2D eigenvalue weighted by Crippen LogP contribution is -2.41. The molecule has 1 saturated heterocycles. The highest BCUT2D eigenvalue weighted by Crippen LogP contribution is 2.34. The predicted octanol–water partition coefficient (Wildman–Crippen LogP) is 2.52. The van der Waals surface area contributed by atoms with Gasteiger partial charge in [0.1, 0.15) is 11.4 Å². The Morgan fingerprint density at radius 1 is 1.30 bits per heavy atom. The van der Waals surface area contributed by atoms with Crippen molar-refractivity contribution in [2.45, 2.75) is 19.0 Å². The third-order valence-electron chi connectivity index (χ3n) is 4.42. The first-order valence-electron chi connectivity index (χ1n) is 7.85. The Balaban J connectivity index is 1.69. The van der Waals surface area contributed by atoms with Gasteiger partial charge in [0.15, 0.2) is 4.96 Å². The number of thiazole rings is 1. The van der Waals surface area contributed by atoms with Crippen LogP contribution in [-0.4, -0.2) is 26.2 Å². The van der Waals surface area contributed by atoms with Crippen LogP contribution >= 0.6 is 22.9 Å². The lowest BCUT2D eigenvalue weighted by atomic mass is 9.92. The first-order chi connectivity index (χ1) is 12.8. The van der Waals surface area contributed by atoms with Gasteiger partial charge in [-0.05, 0) is 19.1 Å². The largest absolute Gasteiger partial charge is 0.325 e. The average Bonchev–Trinajstić information content (AvgIpc) is 3.14. The number of aromatic nitrogens is 2. The highest BCUT2D eigenvalue weighted by Gasteiger charge is 2.50. The zero-order chi connectivity index (χ0) is 19.3. The summed E-state index contributed by atoms with van der Waals surface area (Å²) in [5.74, 6) is -1.11. The molecule has 3 heterocycles. The molecule has 0 saturated carbocycles. The molecular formula is C17H12ClFN4O3S. The molecule has 1 atom stereocenters. The van der Waals surface area contributed by atoms with Gasteiger partial charge < -0.3 is 5.32 Å². The van der Waals surface area contributed by atoms with E-state index in [4.69, 9.17) is 11.6 Å². The zero-order valence-electron chi connectivity index (χ0n) is 13.9. The Morgan fingerprint density at radius 3 is 2.81 bits per heavy atom. The number of carbonyl (C=O) groups excluding carboxylic acids is 2. The van der Waals surface area contributed by atoms with Crippen LogP contribution in [0.4, 0.5) is 9.18 Å². The minimum absolute atomic E-state index is 0.0318. The maximum absolute atomic E-state index is 13.3. The Labute approximate surface area is 161 Å². The molecule has 2 aromatic heterocycles. The maximum Gasteiger partial charge on any atom is 0.325 e. The number of rotatable bonds is 3. The fourth-order valence-electron chi connectivity index (χ4n) is 3.05. The second-order valence-corrected chi connectivity index (χ2v) is 7.49. The molecule has 4 rings (SSSR count). The van der Waals surface area contributed by atoms with Crippen LogP contribution in [0, 0.1) is 5.82 Å². The van der Waals surface area contributed by atoms with E-state index in [1.165, 1.54) is 40.9 Å². The van der Waals surface area contributed by atoms with Crippen LogP contribution in [0.1, 0.15) is 18.2 Å². The van der Waals surface area contributed by atoms with Gasteiger partial charge in [0.25, 0.3) is 11.5 Å². The highest BCUT2D eigenvalue weighted by molar-refractivity contribution is 7.15. The molecule has 10 heteroatoms. The van der Waals surface area contributed by atoms with Crippen molar-refractivity contribution < 1.29 is 14.0 Å². The van der Waals surface area contributed by atoms with Gasteiger partial charge in [-0.2, -0.15) is 0 Å². The average molecular weight is 407 g/mol. The molecule has 1 aliphatic rings. The van der Waals surface area contributed by atoms with Gasteiger partial charge in [0.05, 0.1) is 12.2 Å². The molecule has 0 bridgehead atoms. The van der Waals surface area contributed by atoms with Gasteiger partial charge >= 0.3 is 6.03 Å². The van der Waals surface area contributed by atoms with Crippen LogP contribution in [0.5, 0.6) is 0 Å². The van der Waals surface area contributed by atoms with Crippen molar-refractivity contribution in [2.75, 3.05) is 0 Å². The number of hydrogen-bond acceptors (Lipinski definition) is 5. The number of imide groups is 1. The molecule has 1 aliphatic heterocycles. The van der Waals surface area contributed by atoms with Crippen LogP contribution in [0.25, 0.3) is 4.96 Å². The minimum Gasteiger partial charge on any atom is -0.319 e. The van der Waals surface area contributed by atoms with Gasteiger partial charge in [0, 0.05) is 28.2 Å². The number of fused-ring (bicyclic) bond motifs is 1. The number of urea groups is 1. The fourth-order valence-corrected chi connectivity index (χ4v) is 4.14. The molecule has 138 valence electrons. The normalized spacial score (nSPS) is 19.7. The number of nitrogens with zero attached hydrogens (tertiary/aromatic N) is 3. The zero-order valence-corrected chi connectivity index (χ0v) is 15.5. The molecular weight excluding hydrogens is 395 g/mol. The van der Waals surface area contributed by atoms with Crippen molar-refractivity contribution in [3.63, 3.8) is 0 Å². The summed E-state index contributed by atoms with van der Waals surface area (Å²) in [5.41, 5.74) is -1.16. The molecule has 27 heavy (non-hydrogen) atoms. The molecule has 3 amide bonds. The lowest BCUT2D eigenvalue weighted by molar-refractivity contribution is -0.131. The number of benzene rings is 1. The smallest absolute Gasteiger partial charge is 0.319 e. The number of hydrogen-bond donors (Lipinski definition) is 1. The highest BCUT2D eigenvalue weighted by atomic mass is 35.5. The summed E-state index contributed by atoms with van der Waals surface area (Å²) in [6.45, 7) is 1.33. The summed E-state index contributed by atoms with van der Waals surface area (Å²) in [6, 6.07) is 4.25. The van der Waals surface area contributed by atoms with Crippen molar-refractivity contribution in [2.24, 2.45) is 0 Å². The third kappa shape index (κ3) is 2.79. The molecule has 0 radical (unpaired) electrons. The first kappa shape index (κ1) is 17.6. The molecule has 1 N–H and O–H groups in total. The number of nitrogens with one attached hydrogen (secondary N) is 1. The van der Waals surface area contributed by atoms with E-state index in [0.29, 0.717) is 10.7 Å². The summed E-state index contributed by atoms with van der Waals surface area (Å²) >= 11 is 7.35. The Hall–Kier alpha value is -2.78. The van der Waals surface area contributed by atoms with E-state index in [-0.39, 0.29) is 22.7 Å². The number of halogens is 2. The molecule has 0 spiro atoms. The van der Waals surface area contributed by atoms with E-state index < -0.39 is 23.3 Å². The molecule has 1 aromatic carbocycles. The molecule has 1 fully saturated rings. The molecule has 1 unspecified atom stereocenters. The van der Waals surface area contributed by atoms with E-state index in [1.807, 2.05) is 0 Å². The van der Waals surface area contributed by atoms with Crippen LogP contribution in [0.3, 0.4) is 0 Å². The lowest BCUT2D eigenvalue weighted by Gasteiger charge is -2.23. The van der Waals surface area contributed by atoms with E-state index in [9.17, 15) is 18.8 Å². The van der Waals surface area contributed by atoms with Crippen molar-refractivity contribution in [3.8, 4) is 0 Å². The topological polar surface area (TPSA) is 83.8 Å².